The van der Waals surface area contributed by atoms with Crippen molar-refractivity contribution in [3.63, 3.8) is 0 Å². The van der Waals surface area contributed by atoms with Crippen molar-refractivity contribution < 1.29 is 29.5 Å². The van der Waals surface area contributed by atoms with Crippen LogP contribution in [0.1, 0.15) is 52.4 Å². The van der Waals surface area contributed by atoms with Gasteiger partial charge < -0.3 is 29.5 Å². The van der Waals surface area contributed by atoms with Gasteiger partial charge in [0.1, 0.15) is 6.10 Å². The van der Waals surface area contributed by atoms with Crippen LogP contribution in [0.3, 0.4) is 0 Å². The van der Waals surface area contributed by atoms with Crippen molar-refractivity contribution in [2.24, 2.45) is 0 Å². The zero-order valence-corrected chi connectivity index (χ0v) is 15.0. The van der Waals surface area contributed by atoms with Gasteiger partial charge in [0.05, 0.1) is 39.6 Å². The number of unbranched alkanes of at least 4 members (excludes halogenated alkanes) is 4. The highest BCUT2D eigenvalue weighted by Gasteiger charge is 1.94. The Morgan fingerprint density at radius 3 is 1.22 bits per heavy atom. The average Bonchev–Trinajstić information content (AvgIpc) is 2.59. The molecule has 0 amide bonds. The summed E-state index contributed by atoms with van der Waals surface area (Å²) in [5, 5.41) is 24.0. The molecule has 0 aliphatic rings. The van der Waals surface area contributed by atoms with Gasteiger partial charge in [0.2, 0.25) is 0 Å². The van der Waals surface area contributed by atoms with Gasteiger partial charge in [0, 0.05) is 13.2 Å². The second-order valence-corrected chi connectivity index (χ2v) is 5.27. The maximum atomic E-state index is 8.17. The molecule has 0 aromatic rings. The van der Waals surface area contributed by atoms with Crippen LogP contribution in [-0.2, 0) is 14.2 Å². The van der Waals surface area contributed by atoms with E-state index in [0.29, 0.717) is 26.4 Å². The minimum absolute atomic E-state index is 0.365. The largest absolute Gasteiger partial charge is 0.394 e. The molecule has 142 valence electrons. The first-order valence-corrected chi connectivity index (χ1v) is 8.85. The van der Waals surface area contributed by atoms with Crippen LogP contribution in [0.15, 0.2) is 0 Å². The molecule has 0 heterocycles. The lowest BCUT2D eigenvalue weighted by Gasteiger charge is -2.06. The molecule has 0 aliphatic heterocycles. The predicted octanol–water partition coefficient (Wildman–Crippen LogP) is 1.75. The van der Waals surface area contributed by atoms with Crippen molar-refractivity contribution in [2.45, 2.75) is 58.5 Å². The summed E-state index contributed by atoms with van der Waals surface area (Å²) in [5.41, 5.74) is 0. The normalized spacial score (nSPS) is 10.7. The second kappa shape index (κ2) is 24.0. The number of hydrogen-bond acceptors (Lipinski definition) is 6. The Kier molecular flexibility index (Phi) is 26.1. The molecule has 3 N–H and O–H groups in total. The van der Waals surface area contributed by atoms with E-state index < -0.39 is 6.10 Å². The van der Waals surface area contributed by atoms with Gasteiger partial charge >= 0.3 is 0 Å². The van der Waals surface area contributed by atoms with Crippen LogP contribution in [-0.4, -0.2) is 74.3 Å². The zero-order chi connectivity index (χ0) is 17.6. The standard InChI is InChI=1S/C14H30O3.C3H8O3/c1-3-5-7-9-15-11-13-17-14-12-16-10-8-6-4-2;4-1-3(6)2-5/h3-14H2,1-2H3;3-6H,1-2H2. The fraction of sp³-hybridized carbons (Fsp3) is 1.00. The highest BCUT2D eigenvalue weighted by Crippen LogP contribution is 1.95. The maximum absolute atomic E-state index is 8.17. The fourth-order valence-electron chi connectivity index (χ4n) is 1.51. The van der Waals surface area contributed by atoms with Gasteiger partial charge in [-0.2, -0.15) is 0 Å². The predicted molar refractivity (Wildman–Crippen MR) is 91.7 cm³/mol. The molecule has 0 aromatic heterocycles. The van der Waals surface area contributed by atoms with Crippen LogP contribution in [0.5, 0.6) is 0 Å². The summed E-state index contributed by atoms with van der Waals surface area (Å²) >= 11 is 0. The lowest BCUT2D eigenvalue weighted by molar-refractivity contribution is 0.0133. The molecule has 0 aromatic carbocycles. The van der Waals surface area contributed by atoms with Gasteiger partial charge in [0.25, 0.3) is 0 Å². The van der Waals surface area contributed by atoms with E-state index in [4.69, 9.17) is 29.5 Å². The summed E-state index contributed by atoms with van der Waals surface area (Å²) in [7, 11) is 0. The molecule has 6 heteroatoms. The molecule has 0 rings (SSSR count). The van der Waals surface area contributed by atoms with E-state index in [1.54, 1.807) is 0 Å². The topological polar surface area (TPSA) is 88.4 Å². The first-order valence-electron chi connectivity index (χ1n) is 8.85. The molecular weight excluding hydrogens is 300 g/mol. The molecule has 23 heavy (non-hydrogen) atoms. The minimum Gasteiger partial charge on any atom is -0.394 e. The number of aliphatic hydroxyl groups is 3. The van der Waals surface area contributed by atoms with Gasteiger partial charge in [0.15, 0.2) is 0 Å². The van der Waals surface area contributed by atoms with E-state index in [-0.39, 0.29) is 13.2 Å². The van der Waals surface area contributed by atoms with E-state index in [9.17, 15) is 0 Å². The number of ether oxygens (including phenoxy) is 3. The molecule has 0 saturated carbocycles. The van der Waals surface area contributed by atoms with Crippen LogP contribution >= 0.6 is 0 Å². The van der Waals surface area contributed by atoms with Crippen LogP contribution in [0.2, 0.25) is 0 Å². The SMILES string of the molecule is CCCCCOCCOCCOCCCCC.OCC(O)CO. The summed E-state index contributed by atoms with van der Waals surface area (Å²) in [6.07, 6.45) is 6.38. The van der Waals surface area contributed by atoms with Crippen LogP contribution in [0, 0.1) is 0 Å². The van der Waals surface area contributed by atoms with Gasteiger partial charge in [-0.05, 0) is 12.8 Å². The Bertz CT molecular complexity index is 174. The van der Waals surface area contributed by atoms with Gasteiger partial charge in [-0.15, -0.1) is 0 Å². The number of rotatable bonds is 16. The summed E-state index contributed by atoms with van der Waals surface area (Å²) in [5.74, 6) is 0. The maximum Gasteiger partial charge on any atom is 0.100 e. The number of hydrogen-bond donors (Lipinski definition) is 3. The Morgan fingerprint density at radius 2 is 0.957 bits per heavy atom. The van der Waals surface area contributed by atoms with Crippen molar-refractivity contribution in [1.82, 2.24) is 0 Å². The molecule has 0 atom stereocenters. The molecular formula is C17H38O6. The summed E-state index contributed by atoms with van der Waals surface area (Å²) in [4.78, 5) is 0. The summed E-state index contributed by atoms with van der Waals surface area (Å²) in [6.45, 7) is 8.18. The Hall–Kier alpha value is -0.240. The average molecular weight is 338 g/mol. The van der Waals surface area contributed by atoms with Crippen molar-refractivity contribution >= 4 is 0 Å². The molecule has 0 fully saturated rings. The first-order chi connectivity index (χ1) is 11.2. The van der Waals surface area contributed by atoms with Crippen molar-refractivity contribution in [2.75, 3.05) is 52.9 Å². The number of aliphatic hydroxyl groups excluding tert-OH is 3. The quantitative estimate of drug-likeness (QED) is 0.372. The third-order valence-electron chi connectivity index (χ3n) is 2.95. The minimum atomic E-state index is -0.954. The highest BCUT2D eigenvalue weighted by molar-refractivity contribution is 4.44. The Morgan fingerprint density at radius 1 is 0.609 bits per heavy atom. The molecule has 0 saturated heterocycles. The third-order valence-corrected chi connectivity index (χ3v) is 2.95. The fourth-order valence-corrected chi connectivity index (χ4v) is 1.51. The third kappa shape index (κ3) is 26.9. The molecule has 0 radical (unpaired) electrons. The Labute approximate surface area is 141 Å². The molecule has 0 bridgehead atoms. The first kappa shape index (κ1) is 25.0. The lowest BCUT2D eigenvalue weighted by atomic mass is 10.3. The van der Waals surface area contributed by atoms with Gasteiger partial charge in [-0.25, -0.2) is 0 Å². The van der Waals surface area contributed by atoms with E-state index in [2.05, 4.69) is 13.8 Å². The Balaban J connectivity index is 0. The van der Waals surface area contributed by atoms with E-state index in [0.717, 1.165) is 26.1 Å². The van der Waals surface area contributed by atoms with Crippen LogP contribution < -0.4 is 0 Å². The summed E-state index contributed by atoms with van der Waals surface area (Å²) < 4.78 is 16.3. The molecule has 0 unspecified atom stereocenters. The molecule has 6 nitrogen and oxygen atoms in total. The van der Waals surface area contributed by atoms with Crippen LogP contribution in [0.4, 0.5) is 0 Å². The highest BCUT2D eigenvalue weighted by atomic mass is 16.5. The molecule has 0 aliphatic carbocycles. The van der Waals surface area contributed by atoms with E-state index in [1.165, 1.54) is 25.7 Å². The van der Waals surface area contributed by atoms with Gasteiger partial charge in [-0.3, -0.25) is 0 Å². The monoisotopic (exact) mass is 338 g/mol. The van der Waals surface area contributed by atoms with E-state index in [1.807, 2.05) is 0 Å². The van der Waals surface area contributed by atoms with Crippen molar-refractivity contribution in [3.05, 3.63) is 0 Å². The van der Waals surface area contributed by atoms with Gasteiger partial charge in [-0.1, -0.05) is 39.5 Å². The van der Waals surface area contributed by atoms with Crippen molar-refractivity contribution in [3.8, 4) is 0 Å². The lowest BCUT2D eigenvalue weighted by Crippen LogP contribution is -2.15. The van der Waals surface area contributed by atoms with E-state index >= 15 is 0 Å². The zero-order valence-electron chi connectivity index (χ0n) is 15.0. The summed E-state index contributed by atoms with van der Waals surface area (Å²) in [6, 6.07) is 0. The molecule has 0 spiro atoms. The van der Waals surface area contributed by atoms with Crippen molar-refractivity contribution in [1.29, 1.82) is 0 Å². The second-order valence-electron chi connectivity index (χ2n) is 5.27. The van der Waals surface area contributed by atoms with Crippen LogP contribution in [0.25, 0.3) is 0 Å². The smallest absolute Gasteiger partial charge is 0.100 e.